The molecule has 0 spiro atoms. The Kier molecular flexibility index (Phi) is 7.42. The van der Waals surface area contributed by atoms with E-state index in [1.165, 1.54) is 25.3 Å². The van der Waals surface area contributed by atoms with Gasteiger partial charge in [0.1, 0.15) is 11.6 Å². The molecule has 0 unspecified atom stereocenters. The SMILES string of the molecule is CCNCCCCCCOc1ccc(C)c(F)c1. The molecule has 102 valence electrons. The Balaban J connectivity index is 2.05. The summed E-state index contributed by atoms with van der Waals surface area (Å²) in [7, 11) is 0. The first kappa shape index (κ1) is 15.0. The Morgan fingerprint density at radius 2 is 1.94 bits per heavy atom. The highest BCUT2D eigenvalue weighted by Crippen LogP contribution is 2.16. The van der Waals surface area contributed by atoms with Crippen LogP contribution in [0.4, 0.5) is 4.39 Å². The molecule has 1 aromatic carbocycles. The van der Waals surface area contributed by atoms with Gasteiger partial charge in [0.05, 0.1) is 6.61 Å². The predicted octanol–water partition coefficient (Wildman–Crippen LogP) is 3.68. The van der Waals surface area contributed by atoms with Crippen LogP contribution < -0.4 is 10.1 Å². The molecule has 3 heteroatoms. The summed E-state index contributed by atoms with van der Waals surface area (Å²) in [6.45, 7) is 6.68. The minimum absolute atomic E-state index is 0.196. The second-order valence-corrected chi connectivity index (χ2v) is 4.53. The van der Waals surface area contributed by atoms with E-state index in [9.17, 15) is 4.39 Å². The minimum Gasteiger partial charge on any atom is -0.493 e. The Labute approximate surface area is 110 Å². The highest BCUT2D eigenvalue weighted by Gasteiger charge is 1.99. The van der Waals surface area contributed by atoms with E-state index < -0.39 is 0 Å². The molecule has 1 aromatic rings. The fourth-order valence-electron chi connectivity index (χ4n) is 1.74. The van der Waals surface area contributed by atoms with Gasteiger partial charge in [-0.2, -0.15) is 0 Å². The van der Waals surface area contributed by atoms with Crippen molar-refractivity contribution in [3.8, 4) is 5.75 Å². The number of unbranched alkanes of at least 4 members (excludes halogenated alkanes) is 3. The third-order valence-electron chi connectivity index (χ3n) is 2.91. The number of hydrogen-bond acceptors (Lipinski definition) is 2. The van der Waals surface area contributed by atoms with Gasteiger partial charge in [0.2, 0.25) is 0 Å². The lowest BCUT2D eigenvalue weighted by atomic mass is 10.2. The number of aryl methyl sites for hydroxylation is 1. The summed E-state index contributed by atoms with van der Waals surface area (Å²) >= 11 is 0. The van der Waals surface area contributed by atoms with Crippen molar-refractivity contribution in [3.05, 3.63) is 29.6 Å². The molecular weight excluding hydrogens is 229 g/mol. The van der Waals surface area contributed by atoms with Crippen LogP contribution in [0.2, 0.25) is 0 Å². The Hall–Kier alpha value is -1.09. The van der Waals surface area contributed by atoms with E-state index in [1.54, 1.807) is 13.0 Å². The molecule has 1 N–H and O–H groups in total. The molecule has 0 radical (unpaired) electrons. The van der Waals surface area contributed by atoms with Gasteiger partial charge in [0, 0.05) is 6.07 Å². The smallest absolute Gasteiger partial charge is 0.129 e. The third kappa shape index (κ3) is 6.01. The molecule has 1 rings (SSSR count). The molecule has 0 fully saturated rings. The molecule has 18 heavy (non-hydrogen) atoms. The minimum atomic E-state index is -0.196. The van der Waals surface area contributed by atoms with Crippen molar-refractivity contribution in [1.82, 2.24) is 5.32 Å². The topological polar surface area (TPSA) is 21.3 Å². The standard InChI is InChI=1S/C15H24FNO/c1-3-17-10-6-4-5-7-11-18-14-9-8-13(2)15(16)12-14/h8-9,12,17H,3-7,10-11H2,1-2H3. The molecular formula is C15H24FNO. The van der Waals surface area contributed by atoms with Crippen LogP contribution in [0.25, 0.3) is 0 Å². The van der Waals surface area contributed by atoms with Crippen LogP contribution in [-0.4, -0.2) is 19.7 Å². The van der Waals surface area contributed by atoms with E-state index in [4.69, 9.17) is 4.74 Å². The van der Waals surface area contributed by atoms with Crippen molar-refractivity contribution in [2.45, 2.75) is 39.5 Å². The highest BCUT2D eigenvalue weighted by atomic mass is 19.1. The largest absolute Gasteiger partial charge is 0.493 e. The molecule has 0 saturated heterocycles. The zero-order valence-corrected chi connectivity index (χ0v) is 11.5. The number of rotatable bonds is 9. The molecule has 0 atom stereocenters. The van der Waals surface area contributed by atoms with Crippen LogP contribution in [0, 0.1) is 12.7 Å². The number of ether oxygens (including phenoxy) is 1. The van der Waals surface area contributed by atoms with Gasteiger partial charge < -0.3 is 10.1 Å². The summed E-state index contributed by atoms with van der Waals surface area (Å²) in [5, 5.41) is 3.30. The normalized spacial score (nSPS) is 10.6. The molecule has 0 saturated carbocycles. The van der Waals surface area contributed by atoms with Crippen LogP contribution in [-0.2, 0) is 0 Å². The van der Waals surface area contributed by atoms with Crippen molar-refractivity contribution in [3.63, 3.8) is 0 Å². The third-order valence-corrected chi connectivity index (χ3v) is 2.91. The maximum absolute atomic E-state index is 13.2. The van der Waals surface area contributed by atoms with E-state index in [0.717, 1.165) is 19.5 Å². The van der Waals surface area contributed by atoms with E-state index in [2.05, 4.69) is 12.2 Å². The van der Waals surface area contributed by atoms with Crippen molar-refractivity contribution >= 4 is 0 Å². The molecule has 0 bridgehead atoms. The lowest BCUT2D eigenvalue weighted by molar-refractivity contribution is 0.303. The Morgan fingerprint density at radius 3 is 2.67 bits per heavy atom. The van der Waals surface area contributed by atoms with Crippen LogP contribution in [0.1, 0.15) is 38.2 Å². The fraction of sp³-hybridized carbons (Fsp3) is 0.600. The second-order valence-electron chi connectivity index (χ2n) is 4.53. The average molecular weight is 253 g/mol. The van der Waals surface area contributed by atoms with Gasteiger partial charge in [-0.3, -0.25) is 0 Å². The van der Waals surface area contributed by atoms with Crippen molar-refractivity contribution in [1.29, 1.82) is 0 Å². The first-order valence-corrected chi connectivity index (χ1v) is 6.83. The van der Waals surface area contributed by atoms with E-state index >= 15 is 0 Å². The zero-order chi connectivity index (χ0) is 13.2. The van der Waals surface area contributed by atoms with Crippen LogP contribution in [0.15, 0.2) is 18.2 Å². The molecule has 0 aromatic heterocycles. The van der Waals surface area contributed by atoms with E-state index in [1.807, 2.05) is 6.07 Å². The van der Waals surface area contributed by atoms with E-state index in [-0.39, 0.29) is 5.82 Å². The number of hydrogen-bond donors (Lipinski definition) is 1. The van der Waals surface area contributed by atoms with Crippen LogP contribution >= 0.6 is 0 Å². The molecule has 0 aliphatic heterocycles. The van der Waals surface area contributed by atoms with Gasteiger partial charge in [-0.1, -0.05) is 25.8 Å². The summed E-state index contributed by atoms with van der Waals surface area (Å²) in [6, 6.07) is 5.03. The summed E-state index contributed by atoms with van der Waals surface area (Å²) < 4.78 is 18.8. The van der Waals surface area contributed by atoms with Gasteiger partial charge in [-0.15, -0.1) is 0 Å². The summed E-state index contributed by atoms with van der Waals surface area (Å²) in [4.78, 5) is 0. The maximum Gasteiger partial charge on any atom is 0.129 e. The van der Waals surface area contributed by atoms with Gasteiger partial charge in [-0.05, 0) is 44.5 Å². The number of nitrogens with one attached hydrogen (secondary N) is 1. The van der Waals surface area contributed by atoms with Crippen LogP contribution in [0.3, 0.4) is 0 Å². The van der Waals surface area contributed by atoms with Crippen molar-refractivity contribution in [2.24, 2.45) is 0 Å². The van der Waals surface area contributed by atoms with Crippen molar-refractivity contribution < 1.29 is 9.13 Å². The first-order chi connectivity index (χ1) is 8.74. The molecule has 0 heterocycles. The van der Waals surface area contributed by atoms with Crippen molar-refractivity contribution in [2.75, 3.05) is 19.7 Å². The molecule has 2 nitrogen and oxygen atoms in total. The quantitative estimate of drug-likeness (QED) is 0.678. The molecule has 0 amide bonds. The lowest BCUT2D eigenvalue weighted by Crippen LogP contribution is -2.13. The average Bonchev–Trinajstić information content (AvgIpc) is 2.37. The number of halogens is 1. The van der Waals surface area contributed by atoms with Gasteiger partial charge >= 0.3 is 0 Å². The highest BCUT2D eigenvalue weighted by molar-refractivity contribution is 5.27. The number of benzene rings is 1. The summed E-state index contributed by atoms with van der Waals surface area (Å²) in [5.74, 6) is 0.434. The van der Waals surface area contributed by atoms with E-state index in [0.29, 0.717) is 17.9 Å². The van der Waals surface area contributed by atoms with Gasteiger partial charge in [-0.25, -0.2) is 4.39 Å². The Bertz CT molecular complexity index is 341. The Morgan fingerprint density at radius 1 is 1.17 bits per heavy atom. The summed E-state index contributed by atoms with van der Waals surface area (Å²) in [5.41, 5.74) is 0.658. The fourth-order valence-corrected chi connectivity index (χ4v) is 1.74. The molecule has 0 aliphatic carbocycles. The molecule has 0 aliphatic rings. The second kappa shape index (κ2) is 8.92. The summed E-state index contributed by atoms with van der Waals surface area (Å²) in [6.07, 6.45) is 4.63. The first-order valence-electron chi connectivity index (χ1n) is 6.83. The lowest BCUT2D eigenvalue weighted by Gasteiger charge is -2.07. The van der Waals surface area contributed by atoms with Gasteiger partial charge in [0.25, 0.3) is 0 Å². The maximum atomic E-state index is 13.2. The predicted molar refractivity (Wildman–Crippen MR) is 73.6 cm³/mol. The zero-order valence-electron chi connectivity index (χ0n) is 11.5. The monoisotopic (exact) mass is 253 g/mol. The van der Waals surface area contributed by atoms with Crippen LogP contribution in [0.5, 0.6) is 5.75 Å². The van der Waals surface area contributed by atoms with Gasteiger partial charge in [0.15, 0.2) is 0 Å².